The van der Waals surface area contributed by atoms with Crippen molar-refractivity contribution in [3.05, 3.63) is 138 Å². The van der Waals surface area contributed by atoms with Crippen molar-refractivity contribution >= 4 is 17.1 Å². The maximum Gasteiger partial charge on any atom is 0.0502 e. The highest BCUT2D eigenvalue weighted by Gasteiger charge is 2.84. The van der Waals surface area contributed by atoms with Crippen LogP contribution >= 0.6 is 0 Å². The second kappa shape index (κ2) is 9.36. The van der Waals surface area contributed by atoms with E-state index in [1.54, 1.807) is 11.1 Å². The smallest absolute Gasteiger partial charge is 0.0502 e. The Balaban J connectivity index is 1.17. The third kappa shape index (κ3) is 3.38. The molecule has 4 fully saturated rings. The molecule has 0 aliphatic heterocycles. The monoisotopic (exact) mass is 637 g/mol. The van der Waals surface area contributed by atoms with Crippen LogP contribution in [0.2, 0.25) is 0 Å². The average Bonchev–Trinajstić information content (AvgIpc) is 3.75. The first-order valence-corrected chi connectivity index (χ1v) is 19.1. The van der Waals surface area contributed by atoms with Gasteiger partial charge in [0.05, 0.1) is 5.69 Å². The van der Waals surface area contributed by atoms with Gasteiger partial charge in [0.25, 0.3) is 0 Å². The van der Waals surface area contributed by atoms with Crippen LogP contribution in [0.1, 0.15) is 88.5 Å². The van der Waals surface area contributed by atoms with Crippen LogP contribution in [0, 0.1) is 29.1 Å². The molecule has 0 heterocycles. The van der Waals surface area contributed by atoms with Crippen molar-refractivity contribution in [2.75, 3.05) is 4.90 Å². The first-order chi connectivity index (χ1) is 23.7. The fourth-order valence-corrected chi connectivity index (χ4v) is 13.3. The van der Waals surface area contributed by atoms with E-state index in [-0.39, 0.29) is 16.2 Å². The highest BCUT2D eigenvalue weighted by molar-refractivity contribution is 5.96. The fraction of sp³-hybridized carbons (Fsp3) is 0.375. The molecule has 0 amide bonds. The number of fused-ring (bicyclic) bond motifs is 9. The molecule has 2 spiro atoms. The Labute approximate surface area is 292 Å². The highest BCUT2D eigenvalue weighted by Crippen LogP contribution is 2.89. The Hall–Kier alpha value is -4.10. The van der Waals surface area contributed by atoms with Crippen LogP contribution in [0.5, 0.6) is 0 Å². The van der Waals surface area contributed by atoms with Gasteiger partial charge in [-0.2, -0.15) is 0 Å². The topological polar surface area (TPSA) is 3.24 Å². The van der Waals surface area contributed by atoms with Crippen LogP contribution in [0.4, 0.5) is 17.1 Å². The van der Waals surface area contributed by atoms with E-state index in [1.165, 1.54) is 89.0 Å². The third-order valence-electron chi connectivity index (χ3n) is 15.2. The molecule has 0 aromatic heterocycles. The standard InChI is InChI=1S/C48H47N/c1-45(2)23-24-46(3,4)44-39(45)19-12-20-40(44)49(33-15-9-6-10-16-33)34-21-22-37-36(28-34)43-35(31-13-7-5-8-14-31)17-11-18-38(43)48(37)41-26-30-25-32-27-42(48)47(32,41)29-30/h5-22,28,30,32,41-42H,23-27,29H2,1-4H3. The van der Waals surface area contributed by atoms with E-state index in [9.17, 15) is 0 Å². The normalized spacial score (nSPS) is 31.3. The second-order valence-corrected chi connectivity index (χ2v) is 18.0. The van der Waals surface area contributed by atoms with Crippen molar-refractivity contribution in [1.82, 2.24) is 0 Å². The summed E-state index contributed by atoms with van der Waals surface area (Å²) >= 11 is 0. The van der Waals surface area contributed by atoms with Gasteiger partial charge in [-0.05, 0) is 153 Å². The number of hydrogen-bond donors (Lipinski definition) is 0. The molecule has 4 saturated carbocycles. The Bertz CT molecular complexity index is 2170. The van der Waals surface area contributed by atoms with E-state index < -0.39 is 0 Å². The average molecular weight is 638 g/mol. The first-order valence-electron chi connectivity index (χ1n) is 19.1. The van der Waals surface area contributed by atoms with Crippen LogP contribution in [0.15, 0.2) is 115 Å². The summed E-state index contributed by atoms with van der Waals surface area (Å²) < 4.78 is 0. The lowest BCUT2D eigenvalue weighted by Gasteiger charge is -2.76. The summed E-state index contributed by atoms with van der Waals surface area (Å²) in [4.78, 5) is 2.59. The zero-order valence-electron chi connectivity index (χ0n) is 29.5. The zero-order chi connectivity index (χ0) is 32.9. The molecule has 11 rings (SSSR count). The second-order valence-electron chi connectivity index (χ2n) is 18.0. The molecule has 6 aliphatic carbocycles. The number of hydrogen-bond acceptors (Lipinski definition) is 1. The van der Waals surface area contributed by atoms with Crippen molar-refractivity contribution in [2.24, 2.45) is 29.1 Å². The van der Waals surface area contributed by atoms with Gasteiger partial charge < -0.3 is 4.90 Å². The van der Waals surface area contributed by atoms with Gasteiger partial charge in [-0.15, -0.1) is 0 Å². The molecule has 1 heteroatoms. The molecule has 6 aliphatic rings. The number of para-hydroxylation sites is 1. The van der Waals surface area contributed by atoms with Crippen LogP contribution in [-0.2, 0) is 16.2 Å². The number of rotatable bonds is 4. The molecule has 6 unspecified atom stereocenters. The lowest BCUT2D eigenvalue weighted by Crippen LogP contribution is -2.73. The molecule has 5 aromatic rings. The number of benzene rings is 5. The van der Waals surface area contributed by atoms with Crippen LogP contribution in [0.3, 0.4) is 0 Å². The van der Waals surface area contributed by atoms with E-state index in [1.807, 2.05) is 0 Å². The third-order valence-corrected chi connectivity index (χ3v) is 15.2. The Kier molecular flexibility index (Phi) is 5.49. The van der Waals surface area contributed by atoms with Gasteiger partial charge in [0.2, 0.25) is 0 Å². The van der Waals surface area contributed by atoms with Gasteiger partial charge in [-0.25, -0.2) is 0 Å². The van der Waals surface area contributed by atoms with Crippen molar-refractivity contribution in [3.63, 3.8) is 0 Å². The molecule has 244 valence electrons. The molecule has 1 nitrogen and oxygen atoms in total. The summed E-state index contributed by atoms with van der Waals surface area (Å²) in [5.41, 5.74) is 16.9. The highest BCUT2D eigenvalue weighted by atomic mass is 15.1. The molecular formula is C48H47N. The largest absolute Gasteiger partial charge is 0.310 e. The molecule has 0 radical (unpaired) electrons. The van der Waals surface area contributed by atoms with Gasteiger partial charge in [0.15, 0.2) is 0 Å². The SMILES string of the molecule is CC1(C)CCC(C)(C)c2c(N(c3ccccc3)c3ccc4c(c3)-c3c(-c5ccccc5)cccc3C43C4CC5CC6CC3C64C5)cccc21. The van der Waals surface area contributed by atoms with Gasteiger partial charge in [0, 0.05) is 16.8 Å². The molecule has 0 N–H and O–H groups in total. The van der Waals surface area contributed by atoms with Crippen molar-refractivity contribution in [2.45, 2.75) is 82.5 Å². The summed E-state index contributed by atoms with van der Waals surface area (Å²) in [6, 6.07) is 44.5. The van der Waals surface area contributed by atoms with Gasteiger partial charge in [-0.1, -0.05) is 113 Å². The summed E-state index contributed by atoms with van der Waals surface area (Å²) in [6.45, 7) is 9.83. The minimum Gasteiger partial charge on any atom is -0.310 e. The lowest BCUT2D eigenvalue weighted by atomic mass is 9.27. The number of nitrogens with zero attached hydrogens (tertiary/aromatic N) is 1. The van der Waals surface area contributed by atoms with Gasteiger partial charge in [0.1, 0.15) is 0 Å². The van der Waals surface area contributed by atoms with E-state index >= 15 is 0 Å². The van der Waals surface area contributed by atoms with Crippen LogP contribution < -0.4 is 4.90 Å². The fourth-order valence-electron chi connectivity index (χ4n) is 13.3. The maximum atomic E-state index is 2.61. The Morgan fingerprint density at radius 3 is 2.08 bits per heavy atom. The molecule has 2 bridgehead atoms. The molecular weight excluding hydrogens is 591 g/mol. The minimum absolute atomic E-state index is 0.0884. The quantitative estimate of drug-likeness (QED) is 0.189. The molecule has 6 atom stereocenters. The Morgan fingerprint density at radius 1 is 0.571 bits per heavy atom. The lowest BCUT2D eigenvalue weighted by molar-refractivity contribution is -0.231. The van der Waals surface area contributed by atoms with Crippen molar-refractivity contribution in [3.8, 4) is 22.3 Å². The predicted molar refractivity (Wildman–Crippen MR) is 203 cm³/mol. The van der Waals surface area contributed by atoms with E-state index in [0.717, 1.165) is 23.7 Å². The van der Waals surface area contributed by atoms with Crippen molar-refractivity contribution < 1.29 is 0 Å². The summed E-state index contributed by atoms with van der Waals surface area (Å²) in [7, 11) is 0. The van der Waals surface area contributed by atoms with Gasteiger partial charge >= 0.3 is 0 Å². The first kappa shape index (κ1) is 28.7. The summed E-state index contributed by atoms with van der Waals surface area (Å²) in [5, 5.41) is 0. The van der Waals surface area contributed by atoms with Gasteiger partial charge in [-0.3, -0.25) is 0 Å². The summed E-state index contributed by atoms with van der Waals surface area (Å²) in [6.07, 6.45) is 8.28. The molecule has 0 saturated heterocycles. The summed E-state index contributed by atoms with van der Waals surface area (Å²) in [5.74, 6) is 3.54. The maximum absolute atomic E-state index is 2.61. The predicted octanol–water partition coefficient (Wildman–Crippen LogP) is 12.5. The van der Waals surface area contributed by atoms with E-state index in [4.69, 9.17) is 0 Å². The minimum atomic E-state index is 0.0884. The zero-order valence-corrected chi connectivity index (χ0v) is 29.5. The Morgan fingerprint density at radius 2 is 1.29 bits per heavy atom. The van der Waals surface area contributed by atoms with E-state index in [2.05, 4.69) is 148 Å². The number of anilines is 3. The van der Waals surface area contributed by atoms with E-state index in [0.29, 0.717) is 5.41 Å². The van der Waals surface area contributed by atoms with Crippen molar-refractivity contribution in [1.29, 1.82) is 0 Å². The molecule has 5 aromatic carbocycles. The molecule has 49 heavy (non-hydrogen) atoms. The van der Waals surface area contributed by atoms with Crippen LogP contribution in [0.25, 0.3) is 22.3 Å². The van der Waals surface area contributed by atoms with Crippen LogP contribution in [-0.4, -0.2) is 0 Å².